The predicted octanol–water partition coefficient (Wildman–Crippen LogP) is 2.59. The zero-order chi connectivity index (χ0) is 18.5. The van der Waals surface area contributed by atoms with E-state index < -0.39 is 5.60 Å². The van der Waals surface area contributed by atoms with E-state index in [2.05, 4.69) is 32.3 Å². The Balaban J connectivity index is 1.28. The third kappa shape index (κ3) is 3.00. The summed E-state index contributed by atoms with van der Waals surface area (Å²) < 4.78 is 0. The Hall–Kier alpha value is -2.08. The van der Waals surface area contributed by atoms with Crippen LogP contribution in [0.15, 0.2) is 24.5 Å². The number of hydrogen-bond donors (Lipinski definition) is 3. The molecule has 6 heteroatoms. The van der Waals surface area contributed by atoms with E-state index >= 15 is 0 Å². The molecule has 144 valence electrons. The maximum Gasteiger partial charge on any atom is 0.223 e. The van der Waals surface area contributed by atoms with E-state index in [-0.39, 0.29) is 17.2 Å². The molecular weight excluding hydrogens is 340 g/mol. The summed E-state index contributed by atoms with van der Waals surface area (Å²) in [6.07, 6.45) is 10.6. The minimum atomic E-state index is -0.677. The number of nitrogens with one attached hydrogen (secondary N) is 2. The Bertz CT molecular complexity index is 851. The molecule has 0 radical (unpaired) electrons. The number of hydrogen-bond acceptors (Lipinski definition) is 4. The van der Waals surface area contributed by atoms with Gasteiger partial charge in [0.05, 0.1) is 5.60 Å². The second-order valence-corrected chi connectivity index (χ2v) is 8.84. The fraction of sp³-hybridized carbons (Fsp3) is 0.619. The number of pyridine rings is 1. The number of H-pyrrole nitrogens is 1. The van der Waals surface area contributed by atoms with Crippen molar-refractivity contribution in [3.05, 3.63) is 24.5 Å². The van der Waals surface area contributed by atoms with Crippen molar-refractivity contribution in [2.75, 3.05) is 24.5 Å². The van der Waals surface area contributed by atoms with Crippen molar-refractivity contribution in [1.29, 1.82) is 0 Å². The van der Waals surface area contributed by atoms with E-state index in [0.29, 0.717) is 6.54 Å². The Morgan fingerprint density at radius 1 is 1.30 bits per heavy atom. The summed E-state index contributed by atoms with van der Waals surface area (Å²) in [7, 11) is 0. The van der Waals surface area contributed by atoms with Crippen molar-refractivity contribution >= 4 is 22.6 Å². The van der Waals surface area contributed by atoms with Crippen LogP contribution in [-0.2, 0) is 4.79 Å². The van der Waals surface area contributed by atoms with Gasteiger partial charge >= 0.3 is 0 Å². The average molecular weight is 368 g/mol. The molecule has 5 rings (SSSR count). The van der Waals surface area contributed by atoms with Crippen LogP contribution in [0.1, 0.15) is 44.9 Å². The van der Waals surface area contributed by atoms with Crippen molar-refractivity contribution in [3.8, 4) is 0 Å². The van der Waals surface area contributed by atoms with Gasteiger partial charge in [0, 0.05) is 49.0 Å². The Labute approximate surface area is 159 Å². The molecule has 2 aromatic rings. The highest BCUT2D eigenvalue weighted by Crippen LogP contribution is 2.56. The molecule has 3 N–H and O–H groups in total. The molecule has 0 bridgehead atoms. The van der Waals surface area contributed by atoms with Gasteiger partial charge in [-0.15, -0.1) is 0 Å². The van der Waals surface area contributed by atoms with Gasteiger partial charge in [-0.1, -0.05) is 12.8 Å². The second kappa shape index (κ2) is 6.23. The van der Waals surface area contributed by atoms with Crippen molar-refractivity contribution in [2.45, 2.75) is 50.5 Å². The largest absolute Gasteiger partial charge is 0.388 e. The first-order chi connectivity index (χ1) is 13.1. The zero-order valence-electron chi connectivity index (χ0n) is 15.7. The lowest BCUT2D eigenvalue weighted by atomic mass is 9.81. The minimum absolute atomic E-state index is 0.0716. The van der Waals surface area contributed by atoms with Crippen LogP contribution >= 0.6 is 0 Å². The Morgan fingerprint density at radius 3 is 2.89 bits per heavy atom. The van der Waals surface area contributed by atoms with Crippen LogP contribution in [0.25, 0.3) is 11.0 Å². The summed E-state index contributed by atoms with van der Waals surface area (Å²) in [4.78, 5) is 22.9. The summed E-state index contributed by atoms with van der Waals surface area (Å²) in [5, 5.41) is 14.8. The third-order valence-electron chi connectivity index (χ3n) is 7.05. The summed E-state index contributed by atoms with van der Waals surface area (Å²) in [5.41, 5.74) is 1.56. The number of nitrogens with zero attached hydrogens (tertiary/aromatic N) is 2. The average Bonchev–Trinajstić information content (AvgIpc) is 3.09. The van der Waals surface area contributed by atoms with Crippen LogP contribution in [-0.4, -0.2) is 46.2 Å². The number of carbonyl (C=O) groups excluding carboxylic acids is 1. The molecule has 27 heavy (non-hydrogen) atoms. The molecule has 2 saturated carbocycles. The molecule has 0 aromatic carbocycles. The lowest BCUT2D eigenvalue weighted by Gasteiger charge is -2.40. The number of aromatic nitrogens is 2. The van der Waals surface area contributed by atoms with Gasteiger partial charge in [0.25, 0.3) is 0 Å². The highest BCUT2D eigenvalue weighted by atomic mass is 16.3. The quantitative estimate of drug-likeness (QED) is 0.775. The van der Waals surface area contributed by atoms with E-state index in [1.807, 2.05) is 12.4 Å². The number of carbonyl (C=O) groups is 1. The molecule has 0 unspecified atom stereocenters. The first kappa shape index (κ1) is 17.0. The molecule has 1 spiro atoms. The summed E-state index contributed by atoms with van der Waals surface area (Å²) in [5.74, 6) is 0.219. The van der Waals surface area contributed by atoms with Gasteiger partial charge in [0.15, 0.2) is 0 Å². The molecule has 1 atom stereocenters. The highest BCUT2D eigenvalue weighted by Gasteiger charge is 2.55. The second-order valence-electron chi connectivity index (χ2n) is 8.84. The lowest BCUT2D eigenvalue weighted by Crippen LogP contribution is -2.50. The molecule has 3 aliphatic rings. The van der Waals surface area contributed by atoms with E-state index in [9.17, 15) is 9.90 Å². The SMILES string of the molecule is O=C(NCC1(O)CCCC1)[C@H]1CCN(c2ccnc3[nH]ccc23)CC12CC2. The van der Waals surface area contributed by atoms with E-state index in [0.717, 1.165) is 69.1 Å². The van der Waals surface area contributed by atoms with Gasteiger partial charge in [0.1, 0.15) is 5.65 Å². The summed E-state index contributed by atoms with van der Waals surface area (Å²) >= 11 is 0. The van der Waals surface area contributed by atoms with Crippen LogP contribution in [0.5, 0.6) is 0 Å². The molecule has 1 amide bonds. The molecule has 2 aromatic heterocycles. The van der Waals surface area contributed by atoms with E-state index in [1.165, 1.54) is 5.69 Å². The zero-order valence-corrected chi connectivity index (χ0v) is 15.7. The van der Waals surface area contributed by atoms with Gasteiger partial charge in [-0.2, -0.15) is 0 Å². The molecule has 1 saturated heterocycles. The highest BCUT2D eigenvalue weighted by molar-refractivity contribution is 5.90. The Morgan fingerprint density at radius 2 is 2.11 bits per heavy atom. The molecule has 1 aliphatic heterocycles. The molecule has 3 heterocycles. The first-order valence-corrected chi connectivity index (χ1v) is 10.3. The number of anilines is 1. The number of piperidine rings is 1. The third-order valence-corrected chi connectivity index (χ3v) is 7.05. The standard InChI is InChI=1S/C21H28N4O2/c26-19(24-13-21(27)6-1-2-7-21)16-5-12-25(14-20(16)8-9-20)17-4-11-23-18-15(17)3-10-22-18/h3-4,10-11,16,27H,1-2,5-9,12-14H2,(H,22,23)(H,24,26)/t16-/m1/s1. The monoisotopic (exact) mass is 368 g/mol. The van der Waals surface area contributed by atoms with Crippen LogP contribution < -0.4 is 10.2 Å². The van der Waals surface area contributed by atoms with E-state index in [1.54, 1.807) is 0 Å². The number of fused-ring (bicyclic) bond motifs is 1. The maximum atomic E-state index is 12.9. The van der Waals surface area contributed by atoms with Crippen molar-refractivity contribution in [2.24, 2.45) is 11.3 Å². The molecule has 3 fully saturated rings. The van der Waals surface area contributed by atoms with Crippen LogP contribution in [0.2, 0.25) is 0 Å². The van der Waals surface area contributed by atoms with Crippen LogP contribution in [0, 0.1) is 11.3 Å². The van der Waals surface area contributed by atoms with Crippen molar-refractivity contribution < 1.29 is 9.90 Å². The first-order valence-electron chi connectivity index (χ1n) is 10.3. The van der Waals surface area contributed by atoms with Crippen molar-refractivity contribution in [3.63, 3.8) is 0 Å². The number of amides is 1. The van der Waals surface area contributed by atoms with Gasteiger partial charge in [-0.25, -0.2) is 4.98 Å². The minimum Gasteiger partial charge on any atom is -0.388 e. The number of aromatic amines is 1. The van der Waals surface area contributed by atoms with Gasteiger partial charge < -0.3 is 20.3 Å². The maximum absolute atomic E-state index is 12.9. The van der Waals surface area contributed by atoms with Gasteiger partial charge in [-0.3, -0.25) is 4.79 Å². The summed E-state index contributed by atoms with van der Waals surface area (Å²) in [6.45, 7) is 2.23. The fourth-order valence-electron chi connectivity index (χ4n) is 5.25. The normalized spacial score (nSPS) is 25.8. The Kier molecular flexibility index (Phi) is 3.93. The van der Waals surface area contributed by atoms with Crippen LogP contribution in [0.3, 0.4) is 0 Å². The number of rotatable bonds is 4. The van der Waals surface area contributed by atoms with Gasteiger partial charge in [-0.05, 0) is 49.7 Å². The smallest absolute Gasteiger partial charge is 0.223 e. The molecular formula is C21H28N4O2. The van der Waals surface area contributed by atoms with Crippen molar-refractivity contribution in [1.82, 2.24) is 15.3 Å². The molecule has 6 nitrogen and oxygen atoms in total. The fourth-order valence-corrected chi connectivity index (χ4v) is 5.25. The number of aliphatic hydroxyl groups is 1. The molecule has 2 aliphatic carbocycles. The van der Waals surface area contributed by atoms with Gasteiger partial charge in [0.2, 0.25) is 5.91 Å². The predicted molar refractivity (Wildman–Crippen MR) is 105 cm³/mol. The van der Waals surface area contributed by atoms with Crippen LogP contribution in [0.4, 0.5) is 5.69 Å². The summed E-state index contributed by atoms with van der Waals surface area (Å²) in [6, 6.07) is 4.17. The lowest BCUT2D eigenvalue weighted by molar-refractivity contribution is -0.129. The van der Waals surface area contributed by atoms with E-state index in [4.69, 9.17) is 0 Å². The topological polar surface area (TPSA) is 81.2 Å².